The predicted molar refractivity (Wildman–Crippen MR) is 48.9 cm³/mol. The van der Waals surface area contributed by atoms with E-state index in [1.54, 1.807) is 12.2 Å². The van der Waals surface area contributed by atoms with Gasteiger partial charge in [-0.25, -0.2) is 0 Å². The summed E-state index contributed by atoms with van der Waals surface area (Å²) in [6.45, 7) is 3.34. The first-order valence-corrected chi connectivity index (χ1v) is 4.06. The fraction of sp³-hybridized carbons (Fsp3) is 0.400. The van der Waals surface area contributed by atoms with Crippen molar-refractivity contribution in [3.05, 3.63) is 24.3 Å². The van der Waals surface area contributed by atoms with E-state index in [2.05, 4.69) is 6.92 Å². The molecule has 0 spiro atoms. The Kier molecular flexibility index (Phi) is 5.88. The summed E-state index contributed by atoms with van der Waals surface area (Å²) in [7, 11) is 0. The molecule has 0 radical (unpaired) electrons. The highest BCUT2D eigenvalue weighted by molar-refractivity contribution is 6.40. The van der Waals surface area contributed by atoms with Crippen molar-refractivity contribution in [3.8, 4) is 0 Å². The second-order valence-corrected chi connectivity index (χ2v) is 2.50. The van der Waals surface area contributed by atoms with Crippen LogP contribution in [0.15, 0.2) is 24.3 Å². The van der Waals surface area contributed by atoms with Crippen molar-refractivity contribution in [2.24, 2.45) is 0 Å². The van der Waals surface area contributed by atoms with Crippen molar-refractivity contribution in [3.63, 3.8) is 0 Å². The predicted octanol–water partition coefficient (Wildman–Crippen LogP) is 2.06. The third kappa shape index (κ3) is 5.59. The molecule has 0 aliphatic heterocycles. The SMILES string of the molecule is CCCC=CC=CC(=O)C(C)=O. The molecule has 2 nitrogen and oxygen atoms in total. The number of hydrogen-bond acceptors (Lipinski definition) is 2. The standard InChI is InChI=1S/C10H14O2/c1-3-4-5-6-7-8-10(12)9(2)11/h5-8H,3-4H2,1-2H3. The molecule has 2 heteroatoms. The lowest BCUT2D eigenvalue weighted by atomic mass is 10.2. The highest BCUT2D eigenvalue weighted by atomic mass is 16.2. The Balaban J connectivity index is 3.76. The molecule has 0 N–H and O–H groups in total. The summed E-state index contributed by atoms with van der Waals surface area (Å²) >= 11 is 0. The van der Waals surface area contributed by atoms with E-state index in [4.69, 9.17) is 0 Å². The lowest BCUT2D eigenvalue weighted by Gasteiger charge is -1.82. The summed E-state index contributed by atoms with van der Waals surface area (Å²) in [6, 6.07) is 0. The minimum Gasteiger partial charge on any atom is -0.291 e. The number of allylic oxidation sites excluding steroid dienone is 4. The Labute approximate surface area is 73.0 Å². The zero-order valence-corrected chi connectivity index (χ0v) is 7.54. The lowest BCUT2D eigenvalue weighted by Crippen LogP contribution is -2.04. The molecule has 0 aromatic carbocycles. The van der Waals surface area contributed by atoms with Gasteiger partial charge in [0.2, 0.25) is 5.78 Å². The molecular weight excluding hydrogens is 152 g/mol. The Morgan fingerprint density at radius 2 is 1.92 bits per heavy atom. The minimum absolute atomic E-state index is 0.421. The number of carbonyl (C=O) groups excluding carboxylic acids is 2. The number of unbranched alkanes of at least 4 members (excludes halogenated alkanes) is 1. The number of rotatable bonds is 5. The molecule has 0 atom stereocenters. The highest BCUT2D eigenvalue weighted by Crippen LogP contribution is 1.89. The summed E-state index contributed by atoms with van der Waals surface area (Å²) in [5.41, 5.74) is 0. The topological polar surface area (TPSA) is 34.1 Å². The number of Topliss-reactive ketones (excluding diaryl/α,β-unsaturated/α-hetero) is 1. The van der Waals surface area contributed by atoms with Crippen molar-refractivity contribution in [2.45, 2.75) is 26.7 Å². The van der Waals surface area contributed by atoms with Crippen LogP contribution in [0.1, 0.15) is 26.7 Å². The Morgan fingerprint density at radius 3 is 2.42 bits per heavy atom. The lowest BCUT2D eigenvalue weighted by molar-refractivity contribution is -0.132. The number of carbonyl (C=O) groups is 2. The maximum absolute atomic E-state index is 10.7. The van der Waals surface area contributed by atoms with Crippen LogP contribution in [0.4, 0.5) is 0 Å². The van der Waals surface area contributed by atoms with E-state index in [9.17, 15) is 9.59 Å². The molecule has 0 amide bonds. The van der Waals surface area contributed by atoms with Crippen LogP contribution in [0.3, 0.4) is 0 Å². The van der Waals surface area contributed by atoms with Gasteiger partial charge in [-0.2, -0.15) is 0 Å². The summed E-state index contributed by atoms with van der Waals surface area (Å²) < 4.78 is 0. The van der Waals surface area contributed by atoms with E-state index in [-0.39, 0.29) is 0 Å². The molecule has 0 saturated carbocycles. The van der Waals surface area contributed by atoms with Crippen molar-refractivity contribution < 1.29 is 9.59 Å². The minimum atomic E-state index is -0.448. The number of ketones is 2. The van der Waals surface area contributed by atoms with Crippen LogP contribution in [0.2, 0.25) is 0 Å². The smallest absolute Gasteiger partial charge is 0.221 e. The van der Waals surface area contributed by atoms with Crippen LogP contribution in [0.5, 0.6) is 0 Å². The Morgan fingerprint density at radius 1 is 1.25 bits per heavy atom. The van der Waals surface area contributed by atoms with Crippen LogP contribution in [-0.2, 0) is 9.59 Å². The largest absolute Gasteiger partial charge is 0.291 e. The Bertz CT molecular complexity index is 212. The summed E-state index contributed by atoms with van der Waals surface area (Å²) in [6.07, 6.45) is 8.71. The van der Waals surface area contributed by atoms with E-state index in [0.29, 0.717) is 0 Å². The van der Waals surface area contributed by atoms with Gasteiger partial charge in [0.1, 0.15) is 0 Å². The molecule has 66 valence electrons. The second kappa shape index (κ2) is 6.53. The molecule has 0 bridgehead atoms. The average molecular weight is 166 g/mol. The average Bonchev–Trinajstić information content (AvgIpc) is 2.03. The van der Waals surface area contributed by atoms with Crippen LogP contribution in [-0.4, -0.2) is 11.6 Å². The molecule has 0 heterocycles. The first-order chi connectivity index (χ1) is 5.68. The van der Waals surface area contributed by atoms with Crippen molar-refractivity contribution in [2.75, 3.05) is 0 Å². The quantitative estimate of drug-likeness (QED) is 0.356. The molecule has 0 fully saturated rings. The monoisotopic (exact) mass is 166 g/mol. The van der Waals surface area contributed by atoms with Crippen molar-refractivity contribution in [1.29, 1.82) is 0 Å². The third-order valence-electron chi connectivity index (χ3n) is 1.30. The summed E-state index contributed by atoms with van der Waals surface area (Å²) in [4.78, 5) is 21.1. The molecule has 0 aliphatic carbocycles. The first-order valence-electron chi connectivity index (χ1n) is 4.06. The van der Waals surface area contributed by atoms with Crippen molar-refractivity contribution >= 4 is 11.6 Å². The fourth-order valence-electron chi connectivity index (χ4n) is 0.602. The van der Waals surface area contributed by atoms with Gasteiger partial charge in [0.05, 0.1) is 0 Å². The molecule has 0 unspecified atom stereocenters. The van der Waals surface area contributed by atoms with Crippen LogP contribution in [0.25, 0.3) is 0 Å². The van der Waals surface area contributed by atoms with Gasteiger partial charge in [-0.1, -0.05) is 31.6 Å². The van der Waals surface area contributed by atoms with E-state index < -0.39 is 11.6 Å². The summed E-state index contributed by atoms with van der Waals surface area (Å²) in [5.74, 6) is -0.869. The third-order valence-corrected chi connectivity index (χ3v) is 1.30. The Hall–Kier alpha value is -1.18. The zero-order chi connectivity index (χ0) is 9.40. The normalized spacial score (nSPS) is 11.2. The molecule has 0 aliphatic rings. The molecule has 0 rings (SSSR count). The van der Waals surface area contributed by atoms with Crippen LogP contribution >= 0.6 is 0 Å². The first kappa shape index (κ1) is 10.8. The molecular formula is C10H14O2. The van der Waals surface area contributed by atoms with Gasteiger partial charge in [-0.05, 0) is 12.5 Å². The number of hydrogen-bond donors (Lipinski definition) is 0. The van der Waals surface area contributed by atoms with E-state index in [1.165, 1.54) is 13.0 Å². The van der Waals surface area contributed by atoms with Gasteiger partial charge in [-0.15, -0.1) is 0 Å². The van der Waals surface area contributed by atoms with E-state index >= 15 is 0 Å². The van der Waals surface area contributed by atoms with Gasteiger partial charge in [0, 0.05) is 6.92 Å². The van der Waals surface area contributed by atoms with Gasteiger partial charge in [-0.3, -0.25) is 9.59 Å². The van der Waals surface area contributed by atoms with E-state index in [1.807, 2.05) is 6.08 Å². The highest BCUT2D eigenvalue weighted by Gasteiger charge is 1.99. The zero-order valence-electron chi connectivity index (χ0n) is 7.54. The molecule has 0 saturated heterocycles. The van der Waals surface area contributed by atoms with Crippen molar-refractivity contribution in [1.82, 2.24) is 0 Å². The fourth-order valence-corrected chi connectivity index (χ4v) is 0.602. The second-order valence-electron chi connectivity index (χ2n) is 2.50. The van der Waals surface area contributed by atoms with Gasteiger partial charge in [0.25, 0.3) is 0 Å². The molecule has 0 aromatic heterocycles. The molecule has 12 heavy (non-hydrogen) atoms. The molecule has 0 aromatic rings. The maximum atomic E-state index is 10.7. The van der Waals surface area contributed by atoms with Gasteiger partial charge in [0.15, 0.2) is 5.78 Å². The van der Waals surface area contributed by atoms with E-state index in [0.717, 1.165) is 12.8 Å². The van der Waals surface area contributed by atoms with Gasteiger partial charge >= 0.3 is 0 Å². The maximum Gasteiger partial charge on any atom is 0.221 e. The summed E-state index contributed by atoms with van der Waals surface area (Å²) in [5, 5.41) is 0. The van der Waals surface area contributed by atoms with Crippen LogP contribution < -0.4 is 0 Å². The van der Waals surface area contributed by atoms with Gasteiger partial charge < -0.3 is 0 Å². The van der Waals surface area contributed by atoms with Crippen LogP contribution in [0, 0.1) is 0 Å².